The summed E-state index contributed by atoms with van der Waals surface area (Å²) in [6.07, 6.45) is 0.991. The second-order valence-electron chi connectivity index (χ2n) is 3.21. The first-order valence-corrected chi connectivity index (χ1v) is 4.88. The van der Waals surface area contributed by atoms with E-state index in [9.17, 15) is 9.59 Å². The van der Waals surface area contributed by atoms with Crippen LogP contribution in [-0.4, -0.2) is 12.3 Å². The molecule has 4 nitrogen and oxygen atoms in total. The van der Waals surface area contributed by atoms with Crippen LogP contribution in [0.2, 0.25) is 0 Å². The summed E-state index contributed by atoms with van der Waals surface area (Å²) in [7, 11) is 0. The number of carbonyl (C=O) groups excluding carboxylic acids is 2. The van der Waals surface area contributed by atoms with Gasteiger partial charge < -0.3 is 9.53 Å². The van der Waals surface area contributed by atoms with Crippen LogP contribution in [0, 0.1) is 17.2 Å². The highest BCUT2D eigenvalue weighted by Gasteiger charge is 2.17. The molecule has 1 unspecified atom stereocenters. The maximum atomic E-state index is 11.4. The normalized spacial score (nSPS) is 11.2. The number of aldehydes is 1. The second kappa shape index (κ2) is 5.66. The van der Waals surface area contributed by atoms with Crippen molar-refractivity contribution in [2.24, 2.45) is 5.92 Å². The van der Waals surface area contributed by atoms with Gasteiger partial charge in [-0.15, -0.1) is 0 Å². The van der Waals surface area contributed by atoms with E-state index in [2.05, 4.69) is 0 Å². The van der Waals surface area contributed by atoms with Gasteiger partial charge >= 0.3 is 5.97 Å². The molecule has 4 heteroatoms. The third-order valence-electron chi connectivity index (χ3n) is 2.11. The molecule has 1 atom stereocenters. The molecule has 1 aromatic carbocycles. The summed E-state index contributed by atoms with van der Waals surface area (Å²) in [4.78, 5) is 21.9. The molecule has 1 rings (SSSR count). The van der Waals surface area contributed by atoms with Gasteiger partial charge in [-0.3, -0.25) is 4.79 Å². The fourth-order valence-electron chi connectivity index (χ4n) is 1.11. The lowest BCUT2D eigenvalue weighted by molar-refractivity contribution is -0.141. The van der Waals surface area contributed by atoms with Crippen molar-refractivity contribution < 1.29 is 14.3 Å². The zero-order valence-electron chi connectivity index (χ0n) is 8.84. The Morgan fingerprint density at radius 2 is 2.12 bits per heavy atom. The van der Waals surface area contributed by atoms with Crippen molar-refractivity contribution in [2.75, 3.05) is 0 Å². The van der Waals surface area contributed by atoms with E-state index in [4.69, 9.17) is 10.00 Å². The molecule has 0 saturated carbocycles. The SMILES string of the molecule is CCC(C=O)C(=O)Oc1ccc(C#N)cc1. The maximum absolute atomic E-state index is 11.4. The maximum Gasteiger partial charge on any atom is 0.321 e. The molecule has 1 aromatic rings. The third-order valence-corrected chi connectivity index (χ3v) is 2.11. The zero-order valence-corrected chi connectivity index (χ0v) is 8.84. The lowest BCUT2D eigenvalue weighted by Gasteiger charge is -2.07. The predicted molar refractivity (Wildman–Crippen MR) is 56.6 cm³/mol. The van der Waals surface area contributed by atoms with Gasteiger partial charge in [0.15, 0.2) is 0 Å². The molecule has 0 aliphatic heterocycles. The fraction of sp³-hybridized carbons (Fsp3) is 0.250. The number of nitriles is 1. The summed E-state index contributed by atoms with van der Waals surface area (Å²) in [6.45, 7) is 1.74. The molecule has 16 heavy (non-hydrogen) atoms. The Balaban J connectivity index is 2.70. The highest BCUT2D eigenvalue weighted by molar-refractivity contribution is 5.88. The number of rotatable bonds is 4. The van der Waals surface area contributed by atoms with E-state index < -0.39 is 11.9 Å². The average molecular weight is 217 g/mol. The molecule has 0 fully saturated rings. The summed E-state index contributed by atoms with van der Waals surface area (Å²) in [5, 5.41) is 8.57. The summed E-state index contributed by atoms with van der Waals surface area (Å²) < 4.78 is 4.98. The first-order valence-electron chi connectivity index (χ1n) is 4.88. The van der Waals surface area contributed by atoms with Gasteiger partial charge in [-0.2, -0.15) is 5.26 Å². The van der Waals surface area contributed by atoms with E-state index in [0.29, 0.717) is 24.0 Å². The molecule has 0 saturated heterocycles. The van der Waals surface area contributed by atoms with Crippen LogP contribution >= 0.6 is 0 Å². The molecule has 0 aliphatic carbocycles. The Morgan fingerprint density at radius 1 is 1.50 bits per heavy atom. The molecule has 0 radical (unpaired) electrons. The Kier molecular flexibility index (Phi) is 4.22. The largest absolute Gasteiger partial charge is 0.426 e. The van der Waals surface area contributed by atoms with E-state index in [0.717, 1.165) is 0 Å². The molecule has 0 bridgehead atoms. The van der Waals surface area contributed by atoms with E-state index >= 15 is 0 Å². The molecular weight excluding hydrogens is 206 g/mol. The number of hydrogen-bond acceptors (Lipinski definition) is 4. The van der Waals surface area contributed by atoms with Crippen molar-refractivity contribution in [2.45, 2.75) is 13.3 Å². The lowest BCUT2D eigenvalue weighted by atomic mass is 10.1. The standard InChI is InChI=1S/C12H11NO3/c1-2-10(8-14)12(15)16-11-5-3-9(7-13)4-6-11/h3-6,8,10H,2H2,1H3. The molecule has 0 heterocycles. The average Bonchev–Trinajstić information content (AvgIpc) is 2.31. The number of hydrogen-bond donors (Lipinski definition) is 0. The smallest absolute Gasteiger partial charge is 0.321 e. The number of benzene rings is 1. The second-order valence-corrected chi connectivity index (χ2v) is 3.21. The predicted octanol–water partition coefficient (Wildman–Crippen LogP) is 1.69. The molecular formula is C12H11NO3. The van der Waals surface area contributed by atoms with E-state index in [-0.39, 0.29) is 0 Å². The van der Waals surface area contributed by atoms with Gasteiger partial charge in [-0.25, -0.2) is 0 Å². The lowest BCUT2D eigenvalue weighted by Crippen LogP contribution is -2.20. The highest BCUT2D eigenvalue weighted by atomic mass is 16.5. The van der Waals surface area contributed by atoms with E-state index in [1.165, 1.54) is 12.1 Å². The van der Waals surface area contributed by atoms with E-state index in [1.807, 2.05) is 6.07 Å². The minimum absolute atomic E-state index is 0.337. The van der Waals surface area contributed by atoms with Gasteiger partial charge in [-0.05, 0) is 30.7 Å². The monoisotopic (exact) mass is 217 g/mol. The number of nitrogens with zero attached hydrogens (tertiary/aromatic N) is 1. The fourth-order valence-corrected chi connectivity index (χ4v) is 1.11. The quantitative estimate of drug-likeness (QED) is 0.333. The molecule has 0 spiro atoms. The van der Waals surface area contributed by atoms with Crippen molar-refractivity contribution in [1.82, 2.24) is 0 Å². The third kappa shape index (κ3) is 2.92. The summed E-state index contributed by atoms with van der Waals surface area (Å²) in [5.74, 6) is -0.956. The minimum atomic E-state index is -0.726. The van der Waals surface area contributed by atoms with Gasteiger partial charge in [-0.1, -0.05) is 6.92 Å². The highest BCUT2D eigenvalue weighted by Crippen LogP contribution is 2.13. The van der Waals surface area contributed by atoms with Crippen LogP contribution in [0.4, 0.5) is 0 Å². The van der Waals surface area contributed by atoms with Crippen molar-refractivity contribution >= 4 is 12.3 Å². The summed E-state index contributed by atoms with van der Waals surface area (Å²) >= 11 is 0. The van der Waals surface area contributed by atoms with Crippen LogP contribution in [0.25, 0.3) is 0 Å². The summed E-state index contributed by atoms with van der Waals surface area (Å²) in [5.41, 5.74) is 0.488. The first-order chi connectivity index (χ1) is 7.71. The van der Waals surface area contributed by atoms with Gasteiger partial charge in [0.05, 0.1) is 11.6 Å². The Morgan fingerprint density at radius 3 is 2.56 bits per heavy atom. The Bertz CT molecular complexity index is 417. The van der Waals surface area contributed by atoms with Gasteiger partial charge in [0, 0.05) is 0 Å². The molecule has 0 aromatic heterocycles. The first kappa shape index (κ1) is 11.9. The number of esters is 1. The summed E-state index contributed by atoms with van der Waals surface area (Å²) in [6, 6.07) is 8.09. The van der Waals surface area contributed by atoms with E-state index in [1.54, 1.807) is 19.1 Å². The van der Waals surface area contributed by atoms with Crippen LogP contribution in [0.3, 0.4) is 0 Å². The molecule has 0 N–H and O–H groups in total. The van der Waals surface area contributed by atoms with Gasteiger partial charge in [0.25, 0.3) is 0 Å². The zero-order chi connectivity index (χ0) is 12.0. The van der Waals surface area contributed by atoms with Crippen molar-refractivity contribution in [3.05, 3.63) is 29.8 Å². The Labute approximate surface area is 93.5 Å². The number of carbonyl (C=O) groups is 2. The Hall–Kier alpha value is -2.15. The topological polar surface area (TPSA) is 67.2 Å². The van der Waals surface area contributed by atoms with Crippen molar-refractivity contribution in [3.63, 3.8) is 0 Å². The number of ether oxygens (including phenoxy) is 1. The van der Waals surface area contributed by atoms with Crippen LogP contribution in [0.1, 0.15) is 18.9 Å². The van der Waals surface area contributed by atoms with Crippen LogP contribution in [-0.2, 0) is 9.59 Å². The molecule has 82 valence electrons. The molecule has 0 amide bonds. The van der Waals surface area contributed by atoms with Crippen LogP contribution < -0.4 is 4.74 Å². The van der Waals surface area contributed by atoms with Crippen molar-refractivity contribution in [3.8, 4) is 11.8 Å². The molecule has 0 aliphatic rings. The minimum Gasteiger partial charge on any atom is -0.426 e. The van der Waals surface area contributed by atoms with Crippen molar-refractivity contribution in [1.29, 1.82) is 5.26 Å². The van der Waals surface area contributed by atoms with Crippen LogP contribution in [0.5, 0.6) is 5.75 Å². The van der Waals surface area contributed by atoms with Gasteiger partial charge in [0.1, 0.15) is 18.0 Å². The van der Waals surface area contributed by atoms with Crippen LogP contribution in [0.15, 0.2) is 24.3 Å². The van der Waals surface area contributed by atoms with Gasteiger partial charge in [0.2, 0.25) is 0 Å².